The van der Waals surface area contributed by atoms with E-state index in [2.05, 4.69) is 13.8 Å². The first-order valence-corrected chi connectivity index (χ1v) is 7.33. The first-order valence-electron chi connectivity index (χ1n) is 7.33. The number of nitrogens with zero attached hydrogens (tertiary/aromatic N) is 1. The van der Waals surface area contributed by atoms with E-state index < -0.39 is 0 Å². The molecule has 0 saturated heterocycles. The van der Waals surface area contributed by atoms with Gasteiger partial charge in [-0.15, -0.1) is 0 Å². The Hall–Kier alpha value is -1.55. The van der Waals surface area contributed by atoms with Gasteiger partial charge in [0, 0.05) is 12.6 Å². The van der Waals surface area contributed by atoms with Crippen molar-refractivity contribution >= 4 is 11.6 Å². The molecule has 1 aromatic carbocycles. The number of nitrogens with two attached hydrogens (primary N) is 1. The Kier molecular flexibility index (Phi) is 4.65. The van der Waals surface area contributed by atoms with Crippen LogP contribution in [0.5, 0.6) is 5.75 Å². The first-order chi connectivity index (χ1) is 9.51. The number of fused-ring (bicyclic) bond motifs is 1. The molecule has 1 heterocycles. The SMILES string of the molecule is CCN1C(=O)COc2ccc(CC(N)CC(C)C)cc21. The number of benzene rings is 1. The first kappa shape index (κ1) is 14.9. The Balaban J connectivity index is 2.18. The zero-order valence-corrected chi connectivity index (χ0v) is 12.6. The molecular formula is C16H24N2O2. The van der Waals surface area contributed by atoms with Gasteiger partial charge >= 0.3 is 0 Å². The Bertz CT molecular complexity index is 485. The average Bonchev–Trinajstić information content (AvgIpc) is 2.37. The fourth-order valence-corrected chi connectivity index (χ4v) is 2.71. The summed E-state index contributed by atoms with van der Waals surface area (Å²) >= 11 is 0. The van der Waals surface area contributed by atoms with Gasteiger partial charge in [0.1, 0.15) is 5.75 Å². The van der Waals surface area contributed by atoms with Crippen molar-refractivity contribution in [1.82, 2.24) is 0 Å². The minimum Gasteiger partial charge on any atom is -0.482 e. The highest BCUT2D eigenvalue weighted by Crippen LogP contribution is 2.33. The number of hydrogen-bond acceptors (Lipinski definition) is 3. The highest BCUT2D eigenvalue weighted by Gasteiger charge is 2.24. The molecular weight excluding hydrogens is 252 g/mol. The lowest BCUT2D eigenvalue weighted by Gasteiger charge is -2.29. The van der Waals surface area contributed by atoms with Gasteiger partial charge in [0.05, 0.1) is 5.69 Å². The molecule has 2 N–H and O–H groups in total. The van der Waals surface area contributed by atoms with Gasteiger partial charge in [-0.3, -0.25) is 4.79 Å². The molecule has 0 fully saturated rings. The molecule has 0 spiro atoms. The van der Waals surface area contributed by atoms with Crippen LogP contribution in [0.25, 0.3) is 0 Å². The predicted octanol–water partition coefficient (Wildman–Crippen LogP) is 2.35. The second kappa shape index (κ2) is 6.27. The fourth-order valence-electron chi connectivity index (χ4n) is 2.71. The molecule has 0 bridgehead atoms. The number of likely N-dealkylation sites (N-methyl/N-ethyl adjacent to an activating group) is 1. The lowest BCUT2D eigenvalue weighted by molar-refractivity contribution is -0.121. The van der Waals surface area contributed by atoms with E-state index in [1.807, 2.05) is 25.1 Å². The molecule has 1 atom stereocenters. The van der Waals surface area contributed by atoms with Crippen molar-refractivity contribution in [2.45, 2.75) is 39.7 Å². The second-order valence-corrected chi connectivity index (χ2v) is 5.82. The standard InChI is InChI=1S/C16H24N2O2/c1-4-18-14-9-12(8-13(17)7-11(2)3)5-6-15(14)20-10-16(18)19/h5-6,9,11,13H,4,7-8,10,17H2,1-3H3. The third-order valence-corrected chi connectivity index (χ3v) is 3.55. The van der Waals surface area contributed by atoms with E-state index in [1.165, 1.54) is 0 Å². The van der Waals surface area contributed by atoms with Crippen LogP contribution in [0.2, 0.25) is 0 Å². The van der Waals surface area contributed by atoms with Crippen molar-refractivity contribution in [3.8, 4) is 5.75 Å². The third-order valence-electron chi connectivity index (χ3n) is 3.55. The lowest BCUT2D eigenvalue weighted by atomic mass is 9.97. The van der Waals surface area contributed by atoms with Crippen molar-refractivity contribution < 1.29 is 9.53 Å². The van der Waals surface area contributed by atoms with Crippen molar-refractivity contribution in [2.24, 2.45) is 11.7 Å². The summed E-state index contributed by atoms with van der Waals surface area (Å²) in [6.07, 6.45) is 1.83. The monoisotopic (exact) mass is 276 g/mol. The minimum atomic E-state index is 0.0172. The molecule has 1 amide bonds. The third kappa shape index (κ3) is 3.31. The molecule has 1 aromatic rings. The number of carbonyl (C=O) groups excluding carboxylic acids is 1. The molecule has 4 nitrogen and oxygen atoms in total. The maximum absolute atomic E-state index is 11.8. The zero-order valence-electron chi connectivity index (χ0n) is 12.6. The molecule has 110 valence electrons. The average molecular weight is 276 g/mol. The molecule has 0 radical (unpaired) electrons. The van der Waals surface area contributed by atoms with Gasteiger partial charge in [0.25, 0.3) is 5.91 Å². The molecule has 0 aromatic heterocycles. The van der Waals surface area contributed by atoms with Crippen LogP contribution in [0.3, 0.4) is 0 Å². The number of amides is 1. The van der Waals surface area contributed by atoms with E-state index in [0.29, 0.717) is 12.5 Å². The van der Waals surface area contributed by atoms with E-state index in [4.69, 9.17) is 10.5 Å². The maximum Gasteiger partial charge on any atom is 0.265 e. The minimum absolute atomic E-state index is 0.0172. The van der Waals surface area contributed by atoms with E-state index >= 15 is 0 Å². The van der Waals surface area contributed by atoms with Crippen molar-refractivity contribution in [1.29, 1.82) is 0 Å². The summed E-state index contributed by atoms with van der Waals surface area (Å²) < 4.78 is 5.47. The Morgan fingerprint density at radius 2 is 2.15 bits per heavy atom. The van der Waals surface area contributed by atoms with E-state index in [0.717, 1.165) is 29.8 Å². The topological polar surface area (TPSA) is 55.6 Å². The van der Waals surface area contributed by atoms with Gasteiger partial charge in [0.2, 0.25) is 0 Å². The molecule has 1 aliphatic heterocycles. The predicted molar refractivity (Wildman–Crippen MR) is 81.1 cm³/mol. The van der Waals surface area contributed by atoms with Crippen molar-refractivity contribution in [3.63, 3.8) is 0 Å². The van der Waals surface area contributed by atoms with Crippen LogP contribution >= 0.6 is 0 Å². The van der Waals surface area contributed by atoms with Gasteiger partial charge in [-0.2, -0.15) is 0 Å². The Morgan fingerprint density at radius 3 is 2.80 bits per heavy atom. The second-order valence-electron chi connectivity index (χ2n) is 5.82. The molecule has 0 saturated carbocycles. The Morgan fingerprint density at radius 1 is 1.40 bits per heavy atom. The zero-order chi connectivity index (χ0) is 14.7. The largest absolute Gasteiger partial charge is 0.482 e. The summed E-state index contributed by atoms with van der Waals surface area (Å²) in [5.41, 5.74) is 8.20. The van der Waals surface area contributed by atoms with Crippen LogP contribution in [0, 0.1) is 5.92 Å². The highest BCUT2D eigenvalue weighted by molar-refractivity contribution is 5.97. The van der Waals surface area contributed by atoms with Gasteiger partial charge in [0.15, 0.2) is 6.61 Å². The van der Waals surface area contributed by atoms with Crippen molar-refractivity contribution in [3.05, 3.63) is 23.8 Å². The van der Waals surface area contributed by atoms with E-state index in [9.17, 15) is 4.79 Å². The number of rotatable bonds is 5. The van der Waals surface area contributed by atoms with Gasteiger partial charge in [-0.1, -0.05) is 19.9 Å². The quantitative estimate of drug-likeness (QED) is 0.898. The number of carbonyl (C=O) groups is 1. The van der Waals surface area contributed by atoms with Crippen LogP contribution in [0.15, 0.2) is 18.2 Å². The highest BCUT2D eigenvalue weighted by atomic mass is 16.5. The maximum atomic E-state index is 11.8. The van der Waals surface area contributed by atoms with E-state index in [-0.39, 0.29) is 18.6 Å². The smallest absolute Gasteiger partial charge is 0.265 e. The Labute approximate surface area is 120 Å². The summed E-state index contributed by atoms with van der Waals surface area (Å²) in [5, 5.41) is 0. The molecule has 4 heteroatoms. The number of anilines is 1. The van der Waals surface area contributed by atoms with Crippen molar-refractivity contribution in [2.75, 3.05) is 18.1 Å². The fraction of sp³-hybridized carbons (Fsp3) is 0.562. The van der Waals surface area contributed by atoms with Crippen LogP contribution in [-0.2, 0) is 11.2 Å². The summed E-state index contributed by atoms with van der Waals surface area (Å²) in [4.78, 5) is 13.6. The number of hydrogen-bond donors (Lipinski definition) is 1. The molecule has 0 aliphatic carbocycles. The lowest BCUT2D eigenvalue weighted by Crippen LogP contribution is -2.38. The van der Waals surface area contributed by atoms with Crippen LogP contribution < -0.4 is 15.4 Å². The molecule has 20 heavy (non-hydrogen) atoms. The van der Waals surface area contributed by atoms with Gasteiger partial charge in [-0.05, 0) is 43.4 Å². The summed E-state index contributed by atoms with van der Waals surface area (Å²) in [7, 11) is 0. The van der Waals surface area contributed by atoms with E-state index in [1.54, 1.807) is 4.90 Å². The molecule has 2 rings (SSSR count). The summed E-state index contributed by atoms with van der Waals surface area (Å²) in [6.45, 7) is 7.13. The summed E-state index contributed by atoms with van der Waals surface area (Å²) in [5.74, 6) is 1.40. The summed E-state index contributed by atoms with van der Waals surface area (Å²) in [6, 6.07) is 6.18. The van der Waals surface area contributed by atoms with Gasteiger partial charge < -0.3 is 15.4 Å². The van der Waals surface area contributed by atoms with Crippen LogP contribution in [0.4, 0.5) is 5.69 Å². The molecule has 1 unspecified atom stereocenters. The normalized spacial score (nSPS) is 16.1. The van der Waals surface area contributed by atoms with Crippen LogP contribution in [-0.4, -0.2) is 25.1 Å². The molecule has 1 aliphatic rings. The number of ether oxygens (including phenoxy) is 1. The van der Waals surface area contributed by atoms with Crippen LogP contribution in [0.1, 0.15) is 32.8 Å². The van der Waals surface area contributed by atoms with Gasteiger partial charge in [-0.25, -0.2) is 0 Å².